The Morgan fingerprint density at radius 1 is 1.17 bits per heavy atom. The molecule has 24 heavy (non-hydrogen) atoms. The lowest BCUT2D eigenvalue weighted by molar-refractivity contribution is -0.151. The van der Waals surface area contributed by atoms with Crippen LogP contribution >= 0.6 is 11.6 Å². The van der Waals surface area contributed by atoms with Gasteiger partial charge in [-0.2, -0.15) is 0 Å². The third-order valence-electron chi connectivity index (χ3n) is 3.60. The Balaban J connectivity index is 1.62. The van der Waals surface area contributed by atoms with E-state index in [2.05, 4.69) is 10.6 Å². The molecule has 1 fully saturated rings. The van der Waals surface area contributed by atoms with Gasteiger partial charge in [-0.25, -0.2) is 4.79 Å². The molecule has 7 nitrogen and oxygen atoms in total. The standard InChI is InChI=1S/C16H19ClN2O5/c17-10-3-5-11(6-4-10)19-14(20)2-1-9-18-15(21)12-7-8-13(24-12)16(22)23/h3-6,12-13H,1-2,7-9H2,(H,18,21)(H,19,20)(H,22,23)/t12-,13+/m0/s1. The minimum atomic E-state index is -1.05. The molecule has 1 aromatic carbocycles. The molecule has 0 aromatic heterocycles. The number of nitrogens with one attached hydrogen (secondary N) is 2. The van der Waals surface area contributed by atoms with Gasteiger partial charge in [-0.3, -0.25) is 9.59 Å². The van der Waals surface area contributed by atoms with Crippen molar-refractivity contribution in [1.82, 2.24) is 5.32 Å². The average molecular weight is 355 g/mol. The van der Waals surface area contributed by atoms with Crippen LogP contribution in [0.5, 0.6) is 0 Å². The number of hydrogen-bond donors (Lipinski definition) is 3. The van der Waals surface area contributed by atoms with E-state index in [1.54, 1.807) is 24.3 Å². The second-order valence-corrected chi connectivity index (χ2v) is 5.92. The van der Waals surface area contributed by atoms with Crippen molar-refractivity contribution in [1.29, 1.82) is 0 Å². The number of hydrogen-bond acceptors (Lipinski definition) is 4. The lowest BCUT2D eigenvalue weighted by atomic mass is 10.2. The van der Waals surface area contributed by atoms with E-state index in [4.69, 9.17) is 21.4 Å². The van der Waals surface area contributed by atoms with E-state index in [0.717, 1.165) is 0 Å². The zero-order valence-electron chi connectivity index (χ0n) is 13.0. The summed E-state index contributed by atoms with van der Waals surface area (Å²) in [5.41, 5.74) is 0.660. The van der Waals surface area contributed by atoms with Crippen LogP contribution in [0.3, 0.4) is 0 Å². The van der Waals surface area contributed by atoms with E-state index in [1.807, 2.05) is 0 Å². The van der Waals surface area contributed by atoms with Gasteiger partial charge in [0, 0.05) is 23.7 Å². The molecule has 1 aliphatic rings. The van der Waals surface area contributed by atoms with Crippen molar-refractivity contribution in [2.45, 2.75) is 37.9 Å². The molecule has 0 radical (unpaired) electrons. The first-order chi connectivity index (χ1) is 11.5. The van der Waals surface area contributed by atoms with Crippen LogP contribution in [0.2, 0.25) is 5.02 Å². The fraction of sp³-hybridized carbons (Fsp3) is 0.438. The largest absolute Gasteiger partial charge is 0.479 e. The Bertz CT molecular complexity index is 605. The Kier molecular flexibility index (Phi) is 6.57. The van der Waals surface area contributed by atoms with Crippen molar-refractivity contribution in [2.24, 2.45) is 0 Å². The van der Waals surface area contributed by atoms with Gasteiger partial charge in [-0.15, -0.1) is 0 Å². The van der Waals surface area contributed by atoms with Gasteiger partial charge in [0.15, 0.2) is 6.10 Å². The number of anilines is 1. The van der Waals surface area contributed by atoms with E-state index in [9.17, 15) is 14.4 Å². The minimum absolute atomic E-state index is 0.158. The van der Waals surface area contributed by atoms with Crippen LogP contribution in [-0.2, 0) is 19.1 Å². The highest BCUT2D eigenvalue weighted by Gasteiger charge is 2.34. The van der Waals surface area contributed by atoms with E-state index in [0.29, 0.717) is 36.5 Å². The van der Waals surface area contributed by atoms with Gasteiger partial charge in [-0.1, -0.05) is 11.6 Å². The molecule has 8 heteroatoms. The van der Waals surface area contributed by atoms with Crippen LogP contribution in [0.4, 0.5) is 5.69 Å². The van der Waals surface area contributed by atoms with Crippen LogP contribution in [-0.4, -0.2) is 41.6 Å². The first kappa shape index (κ1) is 18.2. The van der Waals surface area contributed by atoms with Crippen molar-refractivity contribution < 1.29 is 24.2 Å². The molecule has 1 aromatic rings. The number of carboxylic acid groups (broad SMARTS) is 1. The Morgan fingerprint density at radius 2 is 1.83 bits per heavy atom. The second kappa shape index (κ2) is 8.65. The summed E-state index contributed by atoms with van der Waals surface area (Å²) >= 11 is 5.76. The molecule has 0 unspecified atom stereocenters. The zero-order chi connectivity index (χ0) is 17.5. The summed E-state index contributed by atoms with van der Waals surface area (Å²) in [5, 5.41) is 14.8. The van der Waals surface area contributed by atoms with E-state index in [1.165, 1.54) is 0 Å². The maximum atomic E-state index is 11.8. The molecule has 3 N–H and O–H groups in total. The van der Waals surface area contributed by atoms with Gasteiger partial charge in [0.25, 0.3) is 0 Å². The summed E-state index contributed by atoms with van der Waals surface area (Å²) in [7, 11) is 0. The number of halogens is 1. The van der Waals surface area contributed by atoms with Gasteiger partial charge in [-0.05, 0) is 43.5 Å². The van der Waals surface area contributed by atoms with E-state index in [-0.39, 0.29) is 18.2 Å². The van der Waals surface area contributed by atoms with Gasteiger partial charge >= 0.3 is 5.97 Å². The van der Waals surface area contributed by atoms with E-state index < -0.39 is 18.2 Å². The Hall–Kier alpha value is -2.12. The van der Waals surface area contributed by atoms with Crippen LogP contribution in [0, 0.1) is 0 Å². The maximum Gasteiger partial charge on any atom is 0.332 e. The van der Waals surface area contributed by atoms with Crippen LogP contribution < -0.4 is 10.6 Å². The molecule has 0 bridgehead atoms. The lowest BCUT2D eigenvalue weighted by Gasteiger charge is -2.11. The number of amides is 2. The molecule has 0 saturated carbocycles. The molecule has 130 valence electrons. The fourth-order valence-corrected chi connectivity index (χ4v) is 2.47. The summed E-state index contributed by atoms with van der Waals surface area (Å²) in [6, 6.07) is 6.78. The normalized spacial score (nSPS) is 19.7. The molecule has 0 spiro atoms. The van der Waals surface area contributed by atoms with Crippen molar-refractivity contribution in [2.75, 3.05) is 11.9 Å². The van der Waals surface area contributed by atoms with Crippen molar-refractivity contribution in [3.63, 3.8) is 0 Å². The lowest BCUT2D eigenvalue weighted by Crippen LogP contribution is -2.36. The number of benzene rings is 1. The maximum absolute atomic E-state index is 11.8. The topological polar surface area (TPSA) is 105 Å². The molecule has 2 rings (SSSR count). The predicted octanol–water partition coefficient (Wildman–Crippen LogP) is 1.81. The molecule has 2 amide bonds. The van der Waals surface area contributed by atoms with Crippen LogP contribution in [0.15, 0.2) is 24.3 Å². The van der Waals surface area contributed by atoms with Crippen LogP contribution in [0.1, 0.15) is 25.7 Å². The SMILES string of the molecule is O=C(CCCNC(=O)[C@@H]1CC[C@H](C(=O)O)O1)Nc1ccc(Cl)cc1. The Morgan fingerprint density at radius 3 is 2.46 bits per heavy atom. The summed E-state index contributed by atoms with van der Waals surface area (Å²) in [6.07, 6.45) is -0.191. The zero-order valence-corrected chi connectivity index (χ0v) is 13.7. The van der Waals surface area contributed by atoms with E-state index >= 15 is 0 Å². The average Bonchev–Trinajstić information content (AvgIpc) is 3.04. The number of carboxylic acids is 1. The quantitative estimate of drug-likeness (QED) is 0.648. The first-order valence-electron chi connectivity index (χ1n) is 7.67. The summed E-state index contributed by atoms with van der Waals surface area (Å²) in [6.45, 7) is 0.324. The smallest absolute Gasteiger partial charge is 0.332 e. The number of carbonyl (C=O) groups is 3. The van der Waals surface area contributed by atoms with Gasteiger partial charge in [0.05, 0.1) is 0 Å². The Labute approximate surface area is 144 Å². The summed E-state index contributed by atoms with van der Waals surface area (Å²) in [5.74, 6) is -1.55. The molecule has 1 aliphatic heterocycles. The molecule has 1 heterocycles. The molecular weight excluding hydrogens is 336 g/mol. The fourth-order valence-electron chi connectivity index (χ4n) is 2.34. The third kappa shape index (κ3) is 5.50. The number of ether oxygens (including phenoxy) is 1. The van der Waals surface area contributed by atoms with Crippen molar-refractivity contribution in [3.05, 3.63) is 29.3 Å². The molecule has 0 aliphatic carbocycles. The van der Waals surface area contributed by atoms with Crippen molar-refractivity contribution in [3.8, 4) is 0 Å². The van der Waals surface area contributed by atoms with Crippen molar-refractivity contribution >= 4 is 35.1 Å². The van der Waals surface area contributed by atoms with Gasteiger partial charge in [0.2, 0.25) is 11.8 Å². The number of aliphatic carboxylic acids is 1. The van der Waals surface area contributed by atoms with Gasteiger partial charge in [0.1, 0.15) is 6.10 Å². The highest BCUT2D eigenvalue weighted by atomic mass is 35.5. The van der Waals surface area contributed by atoms with Gasteiger partial charge < -0.3 is 20.5 Å². The molecule has 2 atom stereocenters. The van der Waals surface area contributed by atoms with Crippen LogP contribution in [0.25, 0.3) is 0 Å². The number of rotatable bonds is 7. The third-order valence-corrected chi connectivity index (χ3v) is 3.85. The predicted molar refractivity (Wildman–Crippen MR) is 87.9 cm³/mol. The number of carbonyl (C=O) groups excluding carboxylic acids is 2. The summed E-state index contributed by atoms with van der Waals surface area (Å²) < 4.78 is 5.15. The second-order valence-electron chi connectivity index (χ2n) is 5.48. The highest BCUT2D eigenvalue weighted by Crippen LogP contribution is 2.20. The highest BCUT2D eigenvalue weighted by molar-refractivity contribution is 6.30. The minimum Gasteiger partial charge on any atom is -0.479 e. The monoisotopic (exact) mass is 354 g/mol. The molecular formula is C16H19ClN2O5. The molecule has 1 saturated heterocycles. The summed E-state index contributed by atoms with van der Waals surface area (Å²) in [4.78, 5) is 34.4. The first-order valence-corrected chi connectivity index (χ1v) is 8.05.